The summed E-state index contributed by atoms with van der Waals surface area (Å²) in [7, 11) is 0. The van der Waals surface area contributed by atoms with Crippen molar-refractivity contribution in [3.8, 4) is 5.75 Å². The summed E-state index contributed by atoms with van der Waals surface area (Å²) in [6.07, 6.45) is 0.711. The molecule has 0 aliphatic carbocycles. The predicted molar refractivity (Wildman–Crippen MR) is 49.7 cm³/mol. The summed E-state index contributed by atoms with van der Waals surface area (Å²) in [5.41, 5.74) is 1.16. The molecule has 1 rings (SSSR count). The van der Waals surface area contributed by atoms with Crippen molar-refractivity contribution in [1.29, 1.82) is 0 Å². The molecule has 4 heteroatoms. The molecule has 0 aliphatic rings. The van der Waals surface area contributed by atoms with Crippen molar-refractivity contribution < 1.29 is 19.4 Å². The molecule has 0 amide bonds. The number of hydrogen-bond acceptors (Lipinski definition) is 3. The van der Waals surface area contributed by atoms with Crippen molar-refractivity contribution in [1.82, 2.24) is 0 Å². The van der Waals surface area contributed by atoms with Crippen LogP contribution in [0.25, 0.3) is 0 Å². The number of carbonyl (C=O) groups excluding carboxylic acids is 1. The third-order valence-corrected chi connectivity index (χ3v) is 1.80. The van der Waals surface area contributed by atoms with E-state index in [1.807, 2.05) is 0 Å². The molecule has 0 radical (unpaired) electrons. The minimum Gasteiger partial charge on any atom is -0.482 e. The zero-order valence-electron chi connectivity index (χ0n) is 7.69. The smallest absolute Gasteiger partial charge is 0.341 e. The molecular weight excluding hydrogens is 184 g/mol. The number of rotatable bonds is 4. The first-order valence-electron chi connectivity index (χ1n) is 4.04. The lowest BCUT2D eigenvalue weighted by Crippen LogP contribution is -2.10. The zero-order chi connectivity index (χ0) is 10.6. The van der Waals surface area contributed by atoms with E-state index in [1.165, 1.54) is 0 Å². The van der Waals surface area contributed by atoms with E-state index in [0.29, 0.717) is 23.2 Å². The lowest BCUT2D eigenvalue weighted by atomic mass is 10.1. The normalized spacial score (nSPS) is 9.50. The van der Waals surface area contributed by atoms with Gasteiger partial charge in [-0.3, -0.25) is 4.79 Å². The first kappa shape index (κ1) is 10.2. The van der Waals surface area contributed by atoms with Crippen LogP contribution < -0.4 is 4.74 Å². The van der Waals surface area contributed by atoms with Gasteiger partial charge in [0.25, 0.3) is 0 Å². The van der Waals surface area contributed by atoms with E-state index in [9.17, 15) is 9.59 Å². The number of aliphatic carboxylic acids is 1. The number of aldehydes is 1. The number of ether oxygens (including phenoxy) is 1. The Kier molecular flexibility index (Phi) is 3.23. The van der Waals surface area contributed by atoms with E-state index in [4.69, 9.17) is 9.84 Å². The van der Waals surface area contributed by atoms with Gasteiger partial charge in [-0.1, -0.05) is 12.1 Å². The fraction of sp³-hybridized carbons (Fsp3) is 0.200. The average molecular weight is 194 g/mol. The molecule has 14 heavy (non-hydrogen) atoms. The fourth-order valence-corrected chi connectivity index (χ4v) is 1.05. The highest BCUT2D eigenvalue weighted by atomic mass is 16.5. The average Bonchev–Trinajstić information content (AvgIpc) is 2.16. The Morgan fingerprint density at radius 3 is 2.86 bits per heavy atom. The summed E-state index contributed by atoms with van der Waals surface area (Å²) >= 11 is 0. The highest BCUT2D eigenvalue weighted by Gasteiger charge is 2.05. The SMILES string of the molecule is Cc1c(C=O)cccc1OCC(=O)O. The summed E-state index contributed by atoms with van der Waals surface area (Å²) in [5.74, 6) is -0.613. The van der Waals surface area contributed by atoms with Gasteiger partial charge in [-0.15, -0.1) is 0 Å². The number of hydrogen-bond donors (Lipinski definition) is 1. The molecule has 0 atom stereocenters. The molecule has 1 N–H and O–H groups in total. The molecule has 1 aromatic rings. The van der Waals surface area contributed by atoms with Crippen molar-refractivity contribution >= 4 is 12.3 Å². The van der Waals surface area contributed by atoms with Crippen LogP contribution in [0.2, 0.25) is 0 Å². The molecule has 4 nitrogen and oxygen atoms in total. The first-order valence-corrected chi connectivity index (χ1v) is 4.04. The quantitative estimate of drug-likeness (QED) is 0.733. The van der Waals surface area contributed by atoms with Gasteiger partial charge in [-0.2, -0.15) is 0 Å². The van der Waals surface area contributed by atoms with Crippen LogP contribution in [0.1, 0.15) is 15.9 Å². The fourth-order valence-electron chi connectivity index (χ4n) is 1.05. The lowest BCUT2D eigenvalue weighted by Gasteiger charge is -2.07. The van der Waals surface area contributed by atoms with Gasteiger partial charge in [-0.05, 0) is 13.0 Å². The van der Waals surface area contributed by atoms with Crippen LogP contribution in [0.4, 0.5) is 0 Å². The Morgan fingerprint density at radius 1 is 1.57 bits per heavy atom. The van der Waals surface area contributed by atoms with Crippen molar-refractivity contribution in [2.45, 2.75) is 6.92 Å². The Hall–Kier alpha value is -1.84. The maximum absolute atomic E-state index is 10.5. The standard InChI is InChI=1S/C10H10O4/c1-7-8(5-11)3-2-4-9(7)14-6-10(12)13/h2-5H,6H2,1H3,(H,12,13). The Morgan fingerprint density at radius 2 is 2.29 bits per heavy atom. The minimum absolute atomic E-state index is 0.400. The molecular formula is C10H10O4. The van der Waals surface area contributed by atoms with Crippen LogP contribution in [0.5, 0.6) is 5.75 Å². The molecule has 0 saturated heterocycles. The molecule has 0 bridgehead atoms. The summed E-state index contributed by atoms with van der Waals surface area (Å²) in [6, 6.07) is 4.93. The van der Waals surface area contributed by atoms with Crippen molar-refractivity contribution in [3.63, 3.8) is 0 Å². The first-order chi connectivity index (χ1) is 6.65. The summed E-state index contributed by atoms with van der Waals surface area (Å²) in [4.78, 5) is 20.8. The van der Waals surface area contributed by atoms with E-state index in [1.54, 1.807) is 25.1 Å². The van der Waals surface area contributed by atoms with Gasteiger partial charge in [0.1, 0.15) is 12.0 Å². The van der Waals surface area contributed by atoms with E-state index in [2.05, 4.69) is 0 Å². The van der Waals surface area contributed by atoms with Gasteiger partial charge in [0.2, 0.25) is 0 Å². The number of carboxylic acid groups (broad SMARTS) is 1. The highest BCUT2D eigenvalue weighted by Crippen LogP contribution is 2.19. The van der Waals surface area contributed by atoms with Crippen LogP contribution >= 0.6 is 0 Å². The van der Waals surface area contributed by atoms with Crippen molar-refractivity contribution in [2.75, 3.05) is 6.61 Å². The maximum Gasteiger partial charge on any atom is 0.341 e. The molecule has 0 aromatic heterocycles. The van der Waals surface area contributed by atoms with Crippen LogP contribution in [0.3, 0.4) is 0 Å². The van der Waals surface area contributed by atoms with Crippen LogP contribution in [0, 0.1) is 6.92 Å². The van der Waals surface area contributed by atoms with Crippen molar-refractivity contribution in [3.05, 3.63) is 29.3 Å². The van der Waals surface area contributed by atoms with E-state index >= 15 is 0 Å². The largest absolute Gasteiger partial charge is 0.482 e. The molecule has 0 saturated carbocycles. The molecule has 74 valence electrons. The van der Waals surface area contributed by atoms with Gasteiger partial charge in [0, 0.05) is 11.1 Å². The molecule has 0 heterocycles. The molecule has 0 unspecified atom stereocenters. The molecule has 1 aromatic carbocycles. The maximum atomic E-state index is 10.5. The number of benzene rings is 1. The topological polar surface area (TPSA) is 63.6 Å². The van der Waals surface area contributed by atoms with E-state index in [-0.39, 0.29) is 0 Å². The summed E-state index contributed by atoms with van der Waals surface area (Å²) in [5, 5.41) is 8.40. The number of carbonyl (C=O) groups is 2. The Balaban J connectivity index is 2.86. The van der Waals surface area contributed by atoms with E-state index in [0.717, 1.165) is 0 Å². The van der Waals surface area contributed by atoms with Crippen LogP contribution in [0.15, 0.2) is 18.2 Å². The summed E-state index contributed by atoms with van der Waals surface area (Å²) < 4.78 is 4.98. The Bertz CT molecular complexity index is 357. The highest BCUT2D eigenvalue weighted by molar-refractivity contribution is 5.78. The van der Waals surface area contributed by atoms with Gasteiger partial charge in [0.05, 0.1) is 0 Å². The number of carboxylic acids is 1. The zero-order valence-corrected chi connectivity index (χ0v) is 7.69. The molecule has 0 aliphatic heterocycles. The van der Waals surface area contributed by atoms with Gasteiger partial charge < -0.3 is 9.84 Å². The van der Waals surface area contributed by atoms with Gasteiger partial charge in [-0.25, -0.2) is 4.79 Å². The van der Waals surface area contributed by atoms with Crippen LogP contribution in [-0.4, -0.2) is 24.0 Å². The third-order valence-electron chi connectivity index (χ3n) is 1.80. The van der Waals surface area contributed by atoms with Gasteiger partial charge >= 0.3 is 5.97 Å². The van der Waals surface area contributed by atoms with E-state index < -0.39 is 12.6 Å². The van der Waals surface area contributed by atoms with Crippen LogP contribution in [-0.2, 0) is 4.79 Å². The summed E-state index contributed by atoms with van der Waals surface area (Å²) in [6.45, 7) is 1.31. The molecule has 0 spiro atoms. The lowest BCUT2D eigenvalue weighted by molar-refractivity contribution is -0.139. The van der Waals surface area contributed by atoms with Gasteiger partial charge in [0.15, 0.2) is 6.61 Å². The third kappa shape index (κ3) is 2.32. The second kappa shape index (κ2) is 4.41. The predicted octanol–water partition coefficient (Wildman–Crippen LogP) is 1.27. The second-order valence-corrected chi connectivity index (χ2v) is 2.77. The molecule has 0 fully saturated rings. The minimum atomic E-state index is -1.04. The van der Waals surface area contributed by atoms with Crippen molar-refractivity contribution in [2.24, 2.45) is 0 Å². The Labute approximate surface area is 81.1 Å². The monoisotopic (exact) mass is 194 g/mol. The second-order valence-electron chi connectivity index (χ2n) is 2.77.